The van der Waals surface area contributed by atoms with Gasteiger partial charge in [-0.1, -0.05) is 54.6 Å². The van der Waals surface area contributed by atoms with Crippen molar-refractivity contribution in [2.75, 3.05) is 6.54 Å². The molecule has 0 aliphatic heterocycles. The van der Waals surface area contributed by atoms with Crippen LogP contribution in [0.2, 0.25) is 0 Å². The number of carbonyl (C=O) groups is 1. The minimum absolute atomic E-state index is 0.00799. The summed E-state index contributed by atoms with van der Waals surface area (Å²) in [5, 5.41) is 5.64. The summed E-state index contributed by atoms with van der Waals surface area (Å²) < 4.78 is 0. The second-order valence-corrected chi connectivity index (χ2v) is 4.71. The van der Waals surface area contributed by atoms with Crippen LogP contribution in [0.25, 0.3) is 11.1 Å². The maximum Gasteiger partial charge on any atom is 0.315 e. The van der Waals surface area contributed by atoms with Gasteiger partial charge in [-0.3, -0.25) is 0 Å². The zero-order valence-electron chi connectivity index (χ0n) is 11.9. The van der Waals surface area contributed by atoms with Crippen molar-refractivity contribution >= 4 is 6.03 Å². The number of carbonyl (C=O) groups excluding carboxylic acids is 1. The Labute approximate surface area is 120 Å². The summed E-state index contributed by atoms with van der Waals surface area (Å²) in [6, 6.07) is 18.4. The molecule has 2 rings (SSSR count). The molecule has 2 aromatic rings. The van der Waals surface area contributed by atoms with E-state index in [4.69, 9.17) is 0 Å². The molecule has 0 fully saturated rings. The highest BCUT2D eigenvalue weighted by atomic mass is 16.2. The fourth-order valence-corrected chi connectivity index (χ4v) is 2.09. The van der Waals surface area contributed by atoms with Crippen LogP contribution in [0.3, 0.4) is 0 Å². The molecule has 1 unspecified atom stereocenters. The van der Waals surface area contributed by atoms with Gasteiger partial charge in [0.1, 0.15) is 0 Å². The first-order valence-electron chi connectivity index (χ1n) is 6.90. The molecule has 2 aromatic carbocycles. The molecule has 0 saturated heterocycles. The molecule has 0 heterocycles. The quantitative estimate of drug-likeness (QED) is 0.871. The van der Waals surface area contributed by atoms with E-state index in [1.807, 2.05) is 32.0 Å². The van der Waals surface area contributed by atoms with E-state index in [0.29, 0.717) is 6.54 Å². The number of rotatable bonds is 4. The maximum atomic E-state index is 11.5. The van der Waals surface area contributed by atoms with E-state index in [0.717, 1.165) is 5.56 Å². The van der Waals surface area contributed by atoms with E-state index >= 15 is 0 Å². The third-order valence-electron chi connectivity index (χ3n) is 3.20. The molecule has 2 N–H and O–H groups in total. The molecule has 0 saturated carbocycles. The molecule has 2 amide bonds. The van der Waals surface area contributed by atoms with Crippen LogP contribution in [0.15, 0.2) is 54.6 Å². The van der Waals surface area contributed by atoms with Gasteiger partial charge in [0, 0.05) is 6.54 Å². The van der Waals surface area contributed by atoms with Crippen molar-refractivity contribution in [3.63, 3.8) is 0 Å². The Balaban J connectivity index is 2.06. The van der Waals surface area contributed by atoms with Crippen molar-refractivity contribution in [3.05, 3.63) is 60.2 Å². The molecular weight excluding hydrogens is 248 g/mol. The predicted molar refractivity (Wildman–Crippen MR) is 82.5 cm³/mol. The van der Waals surface area contributed by atoms with Gasteiger partial charge in [-0.2, -0.15) is 0 Å². The van der Waals surface area contributed by atoms with E-state index in [-0.39, 0.29) is 12.1 Å². The van der Waals surface area contributed by atoms with Crippen molar-refractivity contribution in [2.24, 2.45) is 0 Å². The zero-order valence-corrected chi connectivity index (χ0v) is 11.9. The minimum Gasteiger partial charge on any atom is -0.338 e. The summed E-state index contributed by atoms with van der Waals surface area (Å²) in [7, 11) is 0. The van der Waals surface area contributed by atoms with Gasteiger partial charge >= 0.3 is 6.03 Å². The van der Waals surface area contributed by atoms with Gasteiger partial charge in [-0.25, -0.2) is 4.79 Å². The SMILES string of the molecule is CCNC(=O)NC(C)c1ccc(-c2ccccc2)cc1. The van der Waals surface area contributed by atoms with Gasteiger partial charge in [-0.05, 0) is 30.5 Å². The highest BCUT2D eigenvalue weighted by Gasteiger charge is 2.08. The summed E-state index contributed by atoms with van der Waals surface area (Å²) in [5.41, 5.74) is 3.47. The summed E-state index contributed by atoms with van der Waals surface area (Å²) >= 11 is 0. The molecule has 1 atom stereocenters. The molecule has 0 aliphatic carbocycles. The van der Waals surface area contributed by atoms with Crippen molar-refractivity contribution < 1.29 is 4.79 Å². The summed E-state index contributed by atoms with van der Waals surface area (Å²) in [5.74, 6) is 0. The molecule has 0 aliphatic rings. The Morgan fingerprint density at radius 1 is 1.00 bits per heavy atom. The molecule has 0 aromatic heterocycles. The van der Waals surface area contributed by atoms with Gasteiger partial charge in [0.2, 0.25) is 0 Å². The average molecular weight is 268 g/mol. The molecule has 104 valence electrons. The highest BCUT2D eigenvalue weighted by molar-refractivity contribution is 5.74. The fourth-order valence-electron chi connectivity index (χ4n) is 2.09. The topological polar surface area (TPSA) is 41.1 Å². The number of benzene rings is 2. The van der Waals surface area contributed by atoms with Gasteiger partial charge in [-0.15, -0.1) is 0 Å². The average Bonchev–Trinajstić information content (AvgIpc) is 2.48. The number of amides is 2. The lowest BCUT2D eigenvalue weighted by Crippen LogP contribution is -2.36. The van der Waals surface area contributed by atoms with Gasteiger partial charge in [0.25, 0.3) is 0 Å². The normalized spacial score (nSPS) is 11.7. The van der Waals surface area contributed by atoms with Crippen molar-refractivity contribution in [2.45, 2.75) is 19.9 Å². The lowest BCUT2D eigenvalue weighted by molar-refractivity contribution is 0.238. The Kier molecular flexibility index (Phi) is 4.77. The summed E-state index contributed by atoms with van der Waals surface area (Å²) in [6.45, 7) is 4.51. The largest absolute Gasteiger partial charge is 0.338 e. The lowest BCUT2D eigenvalue weighted by Gasteiger charge is -2.15. The maximum absolute atomic E-state index is 11.5. The van der Waals surface area contributed by atoms with Crippen molar-refractivity contribution in [1.29, 1.82) is 0 Å². The Hall–Kier alpha value is -2.29. The molecule has 3 nitrogen and oxygen atoms in total. The number of hydrogen-bond donors (Lipinski definition) is 2. The van der Waals surface area contributed by atoms with Crippen molar-refractivity contribution in [3.8, 4) is 11.1 Å². The summed E-state index contributed by atoms with van der Waals surface area (Å²) in [6.07, 6.45) is 0. The van der Waals surface area contributed by atoms with E-state index < -0.39 is 0 Å². The third kappa shape index (κ3) is 3.60. The first-order chi connectivity index (χ1) is 9.70. The molecule has 0 bridgehead atoms. The van der Waals surface area contributed by atoms with E-state index in [1.54, 1.807) is 0 Å². The molecule has 0 radical (unpaired) electrons. The first-order valence-corrected chi connectivity index (χ1v) is 6.90. The van der Waals surface area contributed by atoms with Crippen LogP contribution in [0, 0.1) is 0 Å². The van der Waals surface area contributed by atoms with Crippen molar-refractivity contribution in [1.82, 2.24) is 10.6 Å². The minimum atomic E-state index is -0.132. The Morgan fingerprint density at radius 3 is 2.20 bits per heavy atom. The number of urea groups is 1. The monoisotopic (exact) mass is 268 g/mol. The predicted octanol–water partition coefficient (Wildman–Crippen LogP) is 3.73. The highest BCUT2D eigenvalue weighted by Crippen LogP contribution is 2.21. The fraction of sp³-hybridized carbons (Fsp3) is 0.235. The van der Waals surface area contributed by atoms with Crippen LogP contribution in [0.4, 0.5) is 4.79 Å². The van der Waals surface area contributed by atoms with E-state index in [2.05, 4.69) is 47.0 Å². The summed E-state index contributed by atoms with van der Waals surface area (Å²) in [4.78, 5) is 11.5. The number of nitrogens with one attached hydrogen (secondary N) is 2. The third-order valence-corrected chi connectivity index (χ3v) is 3.20. The van der Waals surface area contributed by atoms with Gasteiger partial charge in [0.15, 0.2) is 0 Å². The standard InChI is InChI=1S/C17H20N2O/c1-3-18-17(20)19-13(2)14-9-11-16(12-10-14)15-7-5-4-6-8-15/h4-13H,3H2,1-2H3,(H2,18,19,20). The van der Waals surface area contributed by atoms with Crippen LogP contribution < -0.4 is 10.6 Å². The zero-order chi connectivity index (χ0) is 14.4. The van der Waals surface area contributed by atoms with Crippen LogP contribution in [-0.2, 0) is 0 Å². The lowest BCUT2D eigenvalue weighted by atomic mass is 10.0. The molecular formula is C17H20N2O. The molecule has 20 heavy (non-hydrogen) atoms. The van der Waals surface area contributed by atoms with Crippen LogP contribution >= 0.6 is 0 Å². The van der Waals surface area contributed by atoms with E-state index in [1.165, 1.54) is 11.1 Å². The van der Waals surface area contributed by atoms with Gasteiger partial charge < -0.3 is 10.6 Å². The van der Waals surface area contributed by atoms with Crippen LogP contribution in [-0.4, -0.2) is 12.6 Å². The van der Waals surface area contributed by atoms with Crippen LogP contribution in [0.1, 0.15) is 25.5 Å². The molecule has 3 heteroatoms. The molecule has 0 spiro atoms. The van der Waals surface area contributed by atoms with E-state index in [9.17, 15) is 4.79 Å². The first kappa shape index (κ1) is 14.1. The van der Waals surface area contributed by atoms with Crippen LogP contribution in [0.5, 0.6) is 0 Å². The Bertz CT molecular complexity index is 549. The van der Waals surface area contributed by atoms with Gasteiger partial charge in [0.05, 0.1) is 6.04 Å². The smallest absolute Gasteiger partial charge is 0.315 e. The second kappa shape index (κ2) is 6.75. The second-order valence-electron chi connectivity index (χ2n) is 4.71. The Morgan fingerprint density at radius 2 is 1.60 bits per heavy atom. The number of hydrogen-bond acceptors (Lipinski definition) is 1.